The number of carbonyl (C=O) groups is 1. The first-order valence-electron chi connectivity index (χ1n) is 5.05. The smallest absolute Gasteiger partial charge is 0.243 e. The Bertz CT molecular complexity index is 481. The Labute approximate surface area is 105 Å². The Morgan fingerprint density at radius 1 is 1.33 bits per heavy atom. The molecule has 18 heavy (non-hydrogen) atoms. The highest BCUT2D eigenvalue weighted by Crippen LogP contribution is 2.06. The lowest BCUT2D eigenvalue weighted by Crippen LogP contribution is -1.98. The molecule has 96 valence electrons. The van der Waals surface area contributed by atoms with Crippen molar-refractivity contribution in [3.63, 3.8) is 0 Å². The van der Waals surface area contributed by atoms with Crippen molar-refractivity contribution in [3.8, 4) is 0 Å². The molecule has 5 nitrogen and oxygen atoms in total. The zero-order valence-corrected chi connectivity index (χ0v) is 10.3. The van der Waals surface area contributed by atoms with E-state index < -0.39 is 10.7 Å². The SMILES string of the molecule is C=C/C(O)=C(\C)C(=O)/C=C/C(=C)/C=C(\C)[N+](=O)[O-]. The second-order valence-electron chi connectivity index (χ2n) is 3.53. The van der Waals surface area contributed by atoms with Crippen molar-refractivity contribution in [3.05, 3.63) is 70.2 Å². The summed E-state index contributed by atoms with van der Waals surface area (Å²) in [6, 6.07) is 0. The molecule has 0 aliphatic heterocycles. The first-order valence-corrected chi connectivity index (χ1v) is 5.05. The Balaban J connectivity index is 4.84. The highest BCUT2D eigenvalue weighted by atomic mass is 16.6. The summed E-state index contributed by atoms with van der Waals surface area (Å²) in [6.45, 7) is 9.66. The number of nitrogens with zero attached hydrogens (tertiary/aromatic N) is 1. The molecular weight excluding hydrogens is 234 g/mol. The molecule has 0 aliphatic carbocycles. The Kier molecular flexibility index (Phi) is 6.06. The van der Waals surface area contributed by atoms with Crippen molar-refractivity contribution >= 4 is 5.78 Å². The number of nitro groups is 1. The highest BCUT2D eigenvalue weighted by molar-refractivity contribution is 6.04. The summed E-state index contributed by atoms with van der Waals surface area (Å²) in [7, 11) is 0. The summed E-state index contributed by atoms with van der Waals surface area (Å²) in [4.78, 5) is 21.3. The number of rotatable bonds is 6. The minimum Gasteiger partial charge on any atom is -0.508 e. The number of hydrogen-bond donors (Lipinski definition) is 1. The predicted octanol–water partition coefficient (Wildman–Crippen LogP) is 2.87. The molecule has 0 aromatic rings. The van der Waals surface area contributed by atoms with Gasteiger partial charge in [-0.3, -0.25) is 14.9 Å². The van der Waals surface area contributed by atoms with Gasteiger partial charge in [0.25, 0.3) is 0 Å². The van der Waals surface area contributed by atoms with Gasteiger partial charge in [-0.1, -0.05) is 19.2 Å². The van der Waals surface area contributed by atoms with Crippen LogP contribution < -0.4 is 0 Å². The maximum Gasteiger partial charge on any atom is 0.243 e. The second kappa shape index (κ2) is 7.01. The summed E-state index contributed by atoms with van der Waals surface area (Å²) in [5.41, 5.74) is 0.394. The molecule has 0 heterocycles. The third-order valence-electron chi connectivity index (χ3n) is 2.08. The average molecular weight is 249 g/mol. The maximum atomic E-state index is 11.5. The number of hydrogen-bond acceptors (Lipinski definition) is 4. The van der Waals surface area contributed by atoms with Gasteiger partial charge in [0.15, 0.2) is 5.78 Å². The predicted molar refractivity (Wildman–Crippen MR) is 69.6 cm³/mol. The minimum absolute atomic E-state index is 0.0710. The van der Waals surface area contributed by atoms with Gasteiger partial charge in [-0.15, -0.1) is 0 Å². The van der Waals surface area contributed by atoms with Crippen LogP contribution in [0, 0.1) is 10.1 Å². The highest BCUT2D eigenvalue weighted by Gasteiger charge is 2.05. The molecule has 0 bridgehead atoms. The fourth-order valence-corrected chi connectivity index (χ4v) is 0.956. The lowest BCUT2D eigenvalue weighted by molar-refractivity contribution is -0.424. The Hall–Kier alpha value is -2.43. The molecule has 0 rings (SSSR count). The molecule has 0 amide bonds. The molecule has 0 aliphatic rings. The third kappa shape index (κ3) is 5.07. The van der Waals surface area contributed by atoms with Gasteiger partial charge in [0.1, 0.15) is 5.76 Å². The van der Waals surface area contributed by atoms with Crippen molar-refractivity contribution in [2.45, 2.75) is 13.8 Å². The number of aliphatic hydroxyl groups excluding tert-OH is 1. The molecule has 0 spiro atoms. The molecule has 0 aromatic carbocycles. The molecule has 1 N–H and O–H groups in total. The maximum absolute atomic E-state index is 11.5. The van der Waals surface area contributed by atoms with Crippen LogP contribution in [0.1, 0.15) is 13.8 Å². The summed E-state index contributed by atoms with van der Waals surface area (Å²) in [5, 5.41) is 19.6. The fraction of sp³-hybridized carbons (Fsp3) is 0.154. The van der Waals surface area contributed by atoms with Crippen LogP contribution in [0.2, 0.25) is 0 Å². The molecule has 0 fully saturated rings. The van der Waals surface area contributed by atoms with E-state index in [0.29, 0.717) is 5.57 Å². The van der Waals surface area contributed by atoms with Crippen molar-refractivity contribution in [2.75, 3.05) is 0 Å². The second-order valence-corrected chi connectivity index (χ2v) is 3.53. The van der Waals surface area contributed by atoms with Crippen LogP contribution in [0.4, 0.5) is 0 Å². The summed E-state index contributed by atoms with van der Waals surface area (Å²) >= 11 is 0. The third-order valence-corrected chi connectivity index (χ3v) is 2.08. The zero-order valence-electron chi connectivity index (χ0n) is 10.3. The van der Waals surface area contributed by atoms with E-state index in [2.05, 4.69) is 13.2 Å². The average Bonchev–Trinajstić information content (AvgIpc) is 2.33. The first-order chi connectivity index (χ1) is 8.29. The largest absolute Gasteiger partial charge is 0.508 e. The van der Waals surface area contributed by atoms with Crippen LogP contribution >= 0.6 is 0 Å². The van der Waals surface area contributed by atoms with Gasteiger partial charge in [0.05, 0.1) is 4.92 Å². The van der Waals surface area contributed by atoms with Crippen LogP contribution in [0.15, 0.2) is 60.1 Å². The van der Waals surface area contributed by atoms with Gasteiger partial charge >= 0.3 is 0 Å². The van der Waals surface area contributed by atoms with E-state index in [-0.39, 0.29) is 17.0 Å². The summed E-state index contributed by atoms with van der Waals surface area (Å²) < 4.78 is 0. The van der Waals surface area contributed by atoms with Crippen LogP contribution in [-0.2, 0) is 4.79 Å². The van der Waals surface area contributed by atoms with Crippen LogP contribution in [0.3, 0.4) is 0 Å². The van der Waals surface area contributed by atoms with Crippen LogP contribution in [-0.4, -0.2) is 15.8 Å². The first kappa shape index (κ1) is 15.6. The molecule has 0 atom stereocenters. The van der Waals surface area contributed by atoms with E-state index in [0.717, 1.165) is 6.08 Å². The molecule has 0 aromatic heterocycles. The lowest BCUT2D eigenvalue weighted by atomic mass is 10.1. The molecular formula is C13H15NO4. The van der Waals surface area contributed by atoms with E-state index >= 15 is 0 Å². The molecule has 5 heteroatoms. The monoisotopic (exact) mass is 249 g/mol. The van der Waals surface area contributed by atoms with E-state index in [1.54, 1.807) is 0 Å². The summed E-state index contributed by atoms with van der Waals surface area (Å²) in [6.07, 6.45) is 4.93. The van der Waals surface area contributed by atoms with Crippen molar-refractivity contribution < 1.29 is 14.8 Å². The van der Waals surface area contributed by atoms with Gasteiger partial charge in [-0.25, -0.2) is 0 Å². The summed E-state index contributed by atoms with van der Waals surface area (Å²) in [5.74, 6) is -0.618. The van der Waals surface area contributed by atoms with Gasteiger partial charge in [0, 0.05) is 18.6 Å². The van der Waals surface area contributed by atoms with Gasteiger partial charge in [-0.2, -0.15) is 0 Å². The van der Waals surface area contributed by atoms with Crippen molar-refractivity contribution in [1.29, 1.82) is 0 Å². The van der Waals surface area contributed by atoms with Gasteiger partial charge < -0.3 is 5.11 Å². The van der Waals surface area contributed by atoms with Gasteiger partial charge in [-0.05, 0) is 24.6 Å². The number of allylic oxidation sites excluding steroid dienone is 7. The van der Waals surface area contributed by atoms with Crippen molar-refractivity contribution in [1.82, 2.24) is 0 Å². The Morgan fingerprint density at radius 3 is 2.33 bits per heavy atom. The van der Waals surface area contributed by atoms with E-state index in [1.807, 2.05) is 0 Å². The molecule has 0 unspecified atom stereocenters. The van der Waals surface area contributed by atoms with E-state index in [4.69, 9.17) is 0 Å². The van der Waals surface area contributed by atoms with Crippen LogP contribution in [0.25, 0.3) is 0 Å². The topological polar surface area (TPSA) is 80.4 Å². The zero-order chi connectivity index (χ0) is 14.3. The standard InChI is InChI=1S/C13H15NO4/c1-5-12(15)11(4)13(16)7-6-9(2)8-10(3)14(17)18/h5-8,15H,1-2H2,3-4H3/b7-6+,10-8+,12-11-. The number of ketones is 1. The molecule has 0 saturated carbocycles. The Morgan fingerprint density at radius 2 is 1.89 bits per heavy atom. The minimum atomic E-state index is -0.546. The molecule has 0 radical (unpaired) electrons. The molecule has 0 saturated heterocycles. The normalized spacial score (nSPS) is 13.1. The van der Waals surface area contributed by atoms with E-state index in [1.165, 1.54) is 32.1 Å². The van der Waals surface area contributed by atoms with Gasteiger partial charge in [0.2, 0.25) is 5.70 Å². The van der Waals surface area contributed by atoms with Crippen molar-refractivity contribution in [2.24, 2.45) is 0 Å². The fourth-order valence-electron chi connectivity index (χ4n) is 0.956. The van der Waals surface area contributed by atoms with Crippen LogP contribution in [0.5, 0.6) is 0 Å². The lowest BCUT2D eigenvalue weighted by Gasteiger charge is -1.97. The number of carbonyl (C=O) groups excluding carboxylic acids is 1. The quantitative estimate of drug-likeness (QED) is 0.258. The van der Waals surface area contributed by atoms with E-state index in [9.17, 15) is 20.0 Å². The number of aliphatic hydroxyl groups is 1.